The smallest absolute Gasteiger partial charge is 0.250 e. The average molecular weight is 366 g/mol. The third-order valence-corrected chi connectivity index (χ3v) is 5.04. The van der Waals surface area contributed by atoms with Crippen molar-refractivity contribution in [1.82, 2.24) is 4.98 Å². The van der Waals surface area contributed by atoms with Crippen LogP contribution in [0.2, 0.25) is 0 Å². The van der Waals surface area contributed by atoms with Crippen LogP contribution in [0.15, 0.2) is 52.3 Å². The van der Waals surface area contributed by atoms with Gasteiger partial charge in [0.25, 0.3) is 0 Å². The molecule has 0 aliphatic rings. The molecule has 1 unspecified atom stereocenters. The first kappa shape index (κ1) is 18.1. The fourth-order valence-electron chi connectivity index (χ4n) is 2.53. The van der Waals surface area contributed by atoms with Gasteiger partial charge >= 0.3 is 0 Å². The van der Waals surface area contributed by atoms with Gasteiger partial charge in [-0.2, -0.15) is 0 Å². The number of carbonyl (C=O) groups is 1. The Kier molecular flexibility index (Phi) is 5.68. The van der Waals surface area contributed by atoms with Crippen molar-refractivity contribution < 1.29 is 9.21 Å². The maximum atomic E-state index is 12.0. The highest BCUT2D eigenvalue weighted by Crippen LogP contribution is 2.27. The number of furan rings is 1. The molecular weight excluding hydrogens is 344 g/mol. The third kappa shape index (κ3) is 4.49. The number of amides is 1. The number of anilines is 1. The van der Waals surface area contributed by atoms with Crippen LogP contribution in [0.5, 0.6) is 0 Å². The third-order valence-electron chi connectivity index (χ3n) is 4.28. The second kappa shape index (κ2) is 8.15. The van der Waals surface area contributed by atoms with Crippen molar-refractivity contribution in [2.24, 2.45) is 0 Å². The molecule has 0 saturated heterocycles. The first-order valence-electron chi connectivity index (χ1n) is 8.66. The number of aromatic nitrogens is 1. The monoisotopic (exact) mass is 366 g/mol. The number of benzene rings is 1. The van der Waals surface area contributed by atoms with Gasteiger partial charge in [-0.1, -0.05) is 38.1 Å². The average Bonchev–Trinajstić information content (AvgIpc) is 3.28. The van der Waals surface area contributed by atoms with E-state index in [2.05, 4.69) is 48.4 Å². The summed E-state index contributed by atoms with van der Waals surface area (Å²) in [5.41, 5.74) is 3.25. The first-order chi connectivity index (χ1) is 12.5. The highest BCUT2D eigenvalue weighted by Gasteiger charge is 2.08. The maximum absolute atomic E-state index is 12.0. The molecule has 3 aromatic rings. The van der Waals surface area contributed by atoms with Crippen molar-refractivity contribution in [2.75, 3.05) is 5.32 Å². The Balaban J connectivity index is 1.64. The Morgan fingerprint density at radius 1 is 1.27 bits per heavy atom. The molecule has 0 spiro atoms. The van der Waals surface area contributed by atoms with Crippen LogP contribution >= 0.6 is 11.3 Å². The SMILES string of the molecule is CCC(C)c1ccc(-c2csc(NC(=O)C=Cc3ccc(C)o3)n2)cc1. The molecule has 1 atom stereocenters. The number of nitrogens with one attached hydrogen (secondary N) is 1. The topological polar surface area (TPSA) is 55.1 Å². The highest BCUT2D eigenvalue weighted by molar-refractivity contribution is 7.14. The van der Waals surface area contributed by atoms with Crippen molar-refractivity contribution in [3.05, 3.63) is 64.9 Å². The van der Waals surface area contributed by atoms with Crippen LogP contribution in [-0.4, -0.2) is 10.9 Å². The Hall–Kier alpha value is -2.66. The molecule has 1 amide bonds. The minimum atomic E-state index is -0.230. The number of hydrogen-bond donors (Lipinski definition) is 1. The quantitative estimate of drug-likeness (QED) is 0.555. The van der Waals surface area contributed by atoms with E-state index in [9.17, 15) is 4.79 Å². The summed E-state index contributed by atoms with van der Waals surface area (Å²) in [5, 5.41) is 5.32. The lowest BCUT2D eigenvalue weighted by molar-refractivity contribution is -0.111. The molecule has 0 bridgehead atoms. The molecule has 0 aliphatic heterocycles. The molecule has 4 nitrogen and oxygen atoms in total. The first-order valence-corrected chi connectivity index (χ1v) is 9.54. The molecule has 134 valence electrons. The van der Waals surface area contributed by atoms with Crippen molar-refractivity contribution in [3.8, 4) is 11.3 Å². The number of thiazole rings is 1. The molecule has 1 N–H and O–H groups in total. The molecule has 26 heavy (non-hydrogen) atoms. The largest absolute Gasteiger partial charge is 0.462 e. The van der Waals surface area contributed by atoms with Gasteiger partial charge in [0.05, 0.1) is 5.69 Å². The fraction of sp³-hybridized carbons (Fsp3) is 0.238. The molecule has 0 fully saturated rings. The molecule has 1 aromatic carbocycles. The van der Waals surface area contributed by atoms with E-state index < -0.39 is 0 Å². The van der Waals surface area contributed by atoms with E-state index in [1.54, 1.807) is 6.08 Å². The van der Waals surface area contributed by atoms with Crippen LogP contribution in [0.3, 0.4) is 0 Å². The molecule has 0 radical (unpaired) electrons. The zero-order valence-corrected chi connectivity index (χ0v) is 16.0. The minimum Gasteiger partial charge on any atom is -0.462 e. The van der Waals surface area contributed by atoms with Gasteiger partial charge in [-0.3, -0.25) is 10.1 Å². The maximum Gasteiger partial charge on any atom is 0.250 e. The van der Waals surface area contributed by atoms with E-state index in [1.165, 1.54) is 23.0 Å². The van der Waals surface area contributed by atoms with E-state index in [0.717, 1.165) is 23.4 Å². The standard InChI is InChI=1S/C21H22N2O2S/c1-4-14(2)16-6-8-17(9-7-16)19-13-26-21(22-19)23-20(24)12-11-18-10-5-15(3)25-18/h5-14H,4H2,1-3H3,(H,22,23,24). The Labute approximate surface area is 157 Å². The molecule has 5 heteroatoms. The summed E-state index contributed by atoms with van der Waals surface area (Å²) in [6, 6.07) is 12.1. The van der Waals surface area contributed by atoms with Crippen molar-refractivity contribution >= 4 is 28.5 Å². The van der Waals surface area contributed by atoms with Gasteiger partial charge in [0.15, 0.2) is 5.13 Å². The van der Waals surface area contributed by atoms with E-state index in [1.807, 2.05) is 24.4 Å². The van der Waals surface area contributed by atoms with Crippen LogP contribution in [0.25, 0.3) is 17.3 Å². The predicted molar refractivity (Wildman–Crippen MR) is 107 cm³/mol. The molecular formula is C21H22N2O2S. The summed E-state index contributed by atoms with van der Waals surface area (Å²) in [5.74, 6) is 1.79. The summed E-state index contributed by atoms with van der Waals surface area (Å²) in [4.78, 5) is 16.5. The second-order valence-corrected chi connectivity index (χ2v) is 7.10. The summed E-state index contributed by atoms with van der Waals surface area (Å²) in [7, 11) is 0. The lowest BCUT2D eigenvalue weighted by Gasteiger charge is -2.08. The zero-order valence-electron chi connectivity index (χ0n) is 15.2. The van der Waals surface area contributed by atoms with Crippen LogP contribution in [0.1, 0.15) is 43.3 Å². The van der Waals surface area contributed by atoms with Crippen LogP contribution in [0, 0.1) is 6.92 Å². The fourth-order valence-corrected chi connectivity index (χ4v) is 3.25. The number of hydrogen-bond acceptors (Lipinski definition) is 4. The Morgan fingerprint density at radius 3 is 2.69 bits per heavy atom. The lowest BCUT2D eigenvalue weighted by atomic mass is 9.97. The van der Waals surface area contributed by atoms with E-state index in [-0.39, 0.29) is 5.91 Å². The van der Waals surface area contributed by atoms with Gasteiger partial charge in [-0.25, -0.2) is 4.98 Å². The van der Waals surface area contributed by atoms with Crippen molar-refractivity contribution in [1.29, 1.82) is 0 Å². The molecule has 3 rings (SSSR count). The molecule has 2 heterocycles. The number of aryl methyl sites for hydroxylation is 1. The minimum absolute atomic E-state index is 0.230. The molecule has 0 aliphatic carbocycles. The van der Waals surface area contributed by atoms with E-state index >= 15 is 0 Å². The summed E-state index contributed by atoms with van der Waals surface area (Å²) in [6.45, 7) is 6.28. The van der Waals surface area contributed by atoms with Crippen molar-refractivity contribution in [2.45, 2.75) is 33.1 Å². The summed E-state index contributed by atoms with van der Waals surface area (Å²) in [6.07, 6.45) is 4.21. The number of rotatable bonds is 6. The van der Waals surface area contributed by atoms with Crippen LogP contribution in [-0.2, 0) is 4.79 Å². The Bertz CT molecular complexity index is 906. The molecule has 0 saturated carbocycles. The van der Waals surface area contributed by atoms with Gasteiger partial charge in [-0.05, 0) is 43.0 Å². The van der Waals surface area contributed by atoms with E-state index in [4.69, 9.17) is 4.42 Å². The molecule has 2 aromatic heterocycles. The lowest BCUT2D eigenvalue weighted by Crippen LogP contribution is -2.07. The summed E-state index contributed by atoms with van der Waals surface area (Å²) < 4.78 is 5.40. The van der Waals surface area contributed by atoms with Gasteiger partial charge < -0.3 is 4.42 Å². The normalized spacial score (nSPS) is 12.4. The number of nitrogens with zero attached hydrogens (tertiary/aromatic N) is 1. The van der Waals surface area contributed by atoms with Gasteiger partial charge in [0, 0.05) is 17.0 Å². The van der Waals surface area contributed by atoms with Gasteiger partial charge in [0.2, 0.25) is 5.91 Å². The zero-order chi connectivity index (χ0) is 18.5. The van der Waals surface area contributed by atoms with Gasteiger partial charge in [-0.15, -0.1) is 11.3 Å². The summed E-state index contributed by atoms with van der Waals surface area (Å²) >= 11 is 1.41. The van der Waals surface area contributed by atoms with Crippen LogP contribution in [0.4, 0.5) is 5.13 Å². The predicted octanol–water partition coefficient (Wildman–Crippen LogP) is 5.88. The van der Waals surface area contributed by atoms with Crippen molar-refractivity contribution in [3.63, 3.8) is 0 Å². The second-order valence-electron chi connectivity index (χ2n) is 6.24. The number of carbonyl (C=O) groups excluding carboxylic acids is 1. The van der Waals surface area contributed by atoms with Crippen LogP contribution < -0.4 is 5.32 Å². The highest BCUT2D eigenvalue weighted by atomic mass is 32.1. The van der Waals surface area contributed by atoms with Gasteiger partial charge in [0.1, 0.15) is 11.5 Å². The van der Waals surface area contributed by atoms with E-state index in [0.29, 0.717) is 16.8 Å². The Morgan fingerprint density at radius 2 is 2.04 bits per heavy atom.